The molecule has 3 aromatic rings. The number of hydrogen-bond donors (Lipinski definition) is 3. The van der Waals surface area contributed by atoms with E-state index in [1.165, 1.54) is 0 Å². The average Bonchev–Trinajstić information content (AvgIpc) is 3.11. The molecule has 0 saturated heterocycles. The van der Waals surface area contributed by atoms with Crippen LogP contribution in [-0.4, -0.2) is 30.8 Å². The summed E-state index contributed by atoms with van der Waals surface area (Å²) in [6, 6.07) is 21.7. The Morgan fingerprint density at radius 3 is 2.44 bits per heavy atom. The monoisotopic (exact) mass is 524 g/mol. The van der Waals surface area contributed by atoms with E-state index >= 15 is 0 Å². The molecule has 3 amide bonds. The number of anilines is 2. The van der Waals surface area contributed by atoms with Crippen molar-refractivity contribution in [2.45, 2.75) is 45.1 Å². The standard InChI is InChI=1S/C32H36N4O3/c1-21-10-12-25(13-11-21)32(39)36-28-15-14-26(31(38)34-20-23-7-5-6-22(16-23)19-33)17-27(28)35-30(37)18-29(36)24-8-3-2-4-9-24/h2-4,8-15,17,22-23,29H,5-7,16,18-20,33H2,1H3,(H,34,38)(H,35,37). The van der Waals surface area contributed by atoms with Crippen LogP contribution in [0.3, 0.4) is 0 Å². The Bertz CT molecular complexity index is 1340. The molecule has 1 fully saturated rings. The number of benzene rings is 3. The summed E-state index contributed by atoms with van der Waals surface area (Å²) in [4.78, 5) is 41.9. The molecule has 4 N–H and O–H groups in total. The van der Waals surface area contributed by atoms with Gasteiger partial charge in [0.25, 0.3) is 11.8 Å². The van der Waals surface area contributed by atoms with Gasteiger partial charge < -0.3 is 16.4 Å². The number of carbonyl (C=O) groups excluding carboxylic acids is 3. The van der Waals surface area contributed by atoms with Crippen LogP contribution in [0.25, 0.3) is 0 Å². The van der Waals surface area contributed by atoms with Crippen molar-refractivity contribution in [1.82, 2.24) is 5.32 Å². The van der Waals surface area contributed by atoms with Crippen molar-refractivity contribution < 1.29 is 14.4 Å². The number of aryl methyl sites for hydroxylation is 1. The van der Waals surface area contributed by atoms with Gasteiger partial charge in [-0.25, -0.2) is 0 Å². The normalized spacial score (nSPS) is 20.9. The molecule has 39 heavy (non-hydrogen) atoms. The number of rotatable bonds is 6. The molecule has 202 valence electrons. The van der Waals surface area contributed by atoms with Gasteiger partial charge in [-0.15, -0.1) is 0 Å². The molecule has 1 aliphatic carbocycles. The third-order valence-electron chi connectivity index (χ3n) is 7.96. The maximum Gasteiger partial charge on any atom is 0.258 e. The maximum atomic E-state index is 14.0. The number of carbonyl (C=O) groups is 3. The Morgan fingerprint density at radius 1 is 0.974 bits per heavy atom. The molecule has 1 aliphatic heterocycles. The van der Waals surface area contributed by atoms with Crippen molar-refractivity contribution in [3.05, 3.63) is 95.1 Å². The van der Waals surface area contributed by atoms with E-state index in [1.54, 1.807) is 23.1 Å². The highest BCUT2D eigenvalue weighted by molar-refractivity contribution is 6.12. The quantitative estimate of drug-likeness (QED) is 0.411. The van der Waals surface area contributed by atoms with E-state index in [2.05, 4.69) is 10.6 Å². The minimum atomic E-state index is -0.497. The van der Waals surface area contributed by atoms with Crippen LogP contribution in [0, 0.1) is 18.8 Å². The Hall–Kier alpha value is -3.97. The maximum absolute atomic E-state index is 14.0. The lowest BCUT2D eigenvalue weighted by Gasteiger charge is -2.31. The third-order valence-corrected chi connectivity index (χ3v) is 7.96. The zero-order valence-corrected chi connectivity index (χ0v) is 22.4. The smallest absolute Gasteiger partial charge is 0.258 e. The summed E-state index contributed by atoms with van der Waals surface area (Å²) >= 11 is 0. The van der Waals surface area contributed by atoms with Gasteiger partial charge in [0.05, 0.1) is 23.8 Å². The van der Waals surface area contributed by atoms with Gasteiger partial charge in [-0.3, -0.25) is 19.3 Å². The first-order valence-electron chi connectivity index (χ1n) is 13.8. The van der Waals surface area contributed by atoms with Crippen molar-refractivity contribution in [2.75, 3.05) is 23.3 Å². The summed E-state index contributed by atoms with van der Waals surface area (Å²) < 4.78 is 0. The molecule has 1 saturated carbocycles. The highest BCUT2D eigenvalue weighted by Gasteiger charge is 2.34. The van der Waals surface area contributed by atoms with Crippen molar-refractivity contribution in [3.8, 4) is 0 Å². The molecular weight excluding hydrogens is 488 g/mol. The summed E-state index contributed by atoms with van der Waals surface area (Å²) in [5, 5.41) is 6.03. The Balaban J connectivity index is 1.45. The molecule has 0 bridgehead atoms. The van der Waals surface area contributed by atoms with Crippen molar-refractivity contribution >= 4 is 29.1 Å². The first-order valence-corrected chi connectivity index (χ1v) is 13.8. The van der Waals surface area contributed by atoms with Crippen LogP contribution < -0.4 is 21.3 Å². The Morgan fingerprint density at radius 2 is 1.69 bits per heavy atom. The average molecular weight is 525 g/mol. The zero-order chi connectivity index (χ0) is 27.4. The molecule has 3 aromatic carbocycles. The lowest BCUT2D eigenvalue weighted by atomic mass is 9.81. The van der Waals surface area contributed by atoms with E-state index in [9.17, 15) is 14.4 Å². The number of fused-ring (bicyclic) bond motifs is 1. The molecule has 7 nitrogen and oxygen atoms in total. The lowest BCUT2D eigenvalue weighted by molar-refractivity contribution is -0.116. The summed E-state index contributed by atoms with van der Waals surface area (Å²) in [5.74, 6) is 0.341. The fourth-order valence-corrected chi connectivity index (χ4v) is 5.79. The van der Waals surface area contributed by atoms with Gasteiger partial charge in [0.15, 0.2) is 0 Å². The zero-order valence-electron chi connectivity index (χ0n) is 22.4. The Labute approximate surface area is 229 Å². The van der Waals surface area contributed by atoms with Crippen molar-refractivity contribution in [2.24, 2.45) is 17.6 Å². The first kappa shape index (κ1) is 26.6. The molecule has 2 aliphatic rings. The number of nitrogens with zero attached hydrogens (tertiary/aromatic N) is 1. The molecule has 0 spiro atoms. The largest absolute Gasteiger partial charge is 0.352 e. The number of hydrogen-bond acceptors (Lipinski definition) is 4. The van der Waals surface area contributed by atoms with Gasteiger partial charge in [-0.2, -0.15) is 0 Å². The minimum Gasteiger partial charge on any atom is -0.352 e. The molecule has 0 aromatic heterocycles. The molecule has 0 radical (unpaired) electrons. The van der Waals surface area contributed by atoms with Crippen LogP contribution in [0.15, 0.2) is 72.8 Å². The fourth-order valence-electron chi connectivity index (χ4n) is 5.79. The van der Waals surface area contributed by atoms with Gasteiger partial charge in [0.2, 0.25) is 5.91 Å². The van der Waals surface area contributed by atoms with E-state index in [0.29, 0.717) is 47.4 Å². The molecule has 5 rings (SSSR count). The topological polar surface area (TPSA) is 105 Å². The van der Waals surface area contributed by atoms with Gasteiger partial charge in [-0.05, 0) is 80.5 Å². The summed E-state index contributed by atoms with van der Waals surface area (Å²) in [5.41, 5.74) is 9.79. The third kappa shape index (κ3) is 6.04. The SMILES string of the molecule is Cc1ccc(C(=O)N2c3ccc(C(=O)NCC4CCCC(CN)C4)cc3NC(=O)CC2c2ccccc2)cc1. The minimum absolute atomic E-state index is 0.0990. The van der Waals surface area contributed by atoms with Gasteiger partial charge >= 0.3 is 0 Å². The first-order chi connectivity index (χ1) is 18.9. The van der Waals surface area contributed by atoms with Crippen molar-refractivity contribution in [3.63, 3.8) is 0 Å². The summed E-state index contributed by atoms with van der Waals surface area (Å²) in [6.07, 6.45) is 4.53. The van der Waals surface area contributed by atoms with E-state index < -0.39 is 6.04 Å². The molecule has 3 unspecified atom stereocenters. The fraction of sp³-hybridized carbons (Fsp3) is 0.344. The van der Waals surface area contributed by atoms with E-state index in [4.69, 9.17) is 5.73 Å². The van der Waals surface area contributed by atoms with Crippen LogP contribution in [0.1, 0.15) is 70.0 Å². The molecular formula is C32H36N4O3. The van der Waals surface area contributed by atoms with Crippen LogP contribution in [0.5, 0.6) is 0 Å². The molecule has 7 heteroatoms. The number of nitrogens with two attached hydrogens (primary N) is 1. The van der Waals surface area contributed by atoms with E-state index in [1.807, 2.05) is 61.5 Å². The van der Waals surface area contributed by atoms with Crippen molar-refractivity contribution in [1.29, 1.82) is 0 Å². The predicted molar refractivity (Wildman–Crippen MR) is 154 cm³/mol. The van der Waals surface area contributed by atoms with Crippen LogP contribution in [0.4, 0.5) is 11.4 Å². The van der Waals surface area contributed by atoms with Crippen LogP contribution in [0.2, 0.25) is 0 Å². The molecule has 1 heterocycles. The number of nitrogens with one attached hydrogen (secondary N) is 2. The van der Waals surface area contributed by atoms with E-state index in [-0.39, 0.29) is 24.1 Å². The highest BCUT2D eigenvalue weighted by Crippen LogP contribution is 2.39. The van der Waals surface area contributed by atoms with Gasteiger partial charge in [-0.1, -0.05) is 54.4 Å². The second-order valence-corrected chi connectivity index (χ2v) is 10.8. The number of amides is 3. The lowest BCUT2D eigenvalue weighted by Crippen LogP contribution is -2.35. The van der Waals surface area contributed by atoms with Gasteiger partial charge in [0, 0.05) is 17.7 Å². The Kier molecular flexibility index (Phi) is 8.07. The second kappa shape index (κ2) is 11.8. The highest BCUT2D eigenvalue weighted by atomic mass is 16.2. The van der Waals surface area contributed by atoms with E-state index in [0.717, 1.165) is 36.8 Å². The predicted octanol–water partition coefficient (Wildman–Crippen LogP) is 5.22. The van der Waals surface area contributed by atoms with Crippen LogP contribution in [-0.2, 0) is 4.79 Å². The van der Waals surface area contributed by atoms with Crippen LogP contribution >= 0.6 is 0 Å². The second-order valence-electron chi connectivity index (χ2n) is 10.8. The molecule has 3 atom stereocenters. The van der Waals surface area contributed by atoms with Gasteiger partial charge in [0.1, 0.15) is 0 Å². The summed E-state index contributed by atoms with van der Waals surface area (Å²) in [6.45, 7) is 3.27. The summed E-state index contributed by atoms with van der Waals surface area (Å²) in [7, 11) is 0.